The van der Waals surface area contributed by atoms with Crippen LogP contribution in [0.2, 0.25) is 0 Å². The molecular formula is C13H20FN3O. The van der Waals surface area contributed by atoms with Crippen molar-refractivity contribution in [1.29, 1.82) is 0 Å². The number of hydrogen-bond donors (Lipinski definition) is 2. The third-order valence-corrected chi connectivity index (χ3v) is 2.16. The highest BCUT2D eigenvalue weighted by Crippen LogP contribution is 2.16. The first-order valence-corrected chi connectivity index (χ1v) is 6.06. The predicted octanol–water partition coefficient (Wildman–Crippen LogP) is 2.57. The predicted molar refractivity (Wildman–Crippen MR) is 70.2 cm³/mol. The number of amides is 1. The fourth-order valence-electron chi connectivity index (χ4n) is 1.39. The SMILES string of the molecule is CCCNc1nccc(C(=O)NC(C)(C)C)c1F. The van der Waals surface area contributed by atoms with Crippen molar-refractivity contribution < 1.29 is 9.18 Å². The molecule has 0 unspecified atom stereocenters. The van der Waals surface area contributed by atoms with Crippen molar-refractivity contribution in [3.05, 3.63) is 23.6 Å². The van der Waals surface area contributed by atoms with Crippen LogP contribution in [0.4, 0.5) is 10.2 Å². The number of aromatic nitrogens is 1. The summed E-state index contributed by atoms with van der Waals surface area (Å²) in [7, 11) is 0. The normalized spacial score (nSPS) is 11.2. The molecule has 0 bridgehead atoms. The van der Waals surface area contributed by atoms with E-state index in [1.54, 1.807) is 0 Å². The van der Waals surface area contributed by atoms with Crippen LogP contribution < -0.4 is 10.6 Å². The number of nitrogens with one attached hydrogen (secondary N) is 2. The van der Waals surface area contributed by atoms with Crippen LogP contribution in [-0.4, -0.2) is 23.0 Å². The van der Waals surface area contributed by atoms with E-state index in [0.29, 0.717) is 6.54 Å². The Hall–Kier alpha value is -1.65. The second-order valence-corrected chi connectivity index (χ2v) is 5.15. The Morgan fingerprint density at radius 3 is 2.67 bits per heavy atom. The van der Waals surface area contributed by atoms with Gasteiger partial charge in [0.05, 0.1) is 5.56 Å². The molecule has 1 amide bonds. The first-order chi connectivity index (χ1) is 8.35. The topological polar surface area (TPSA) is 54.0 Å². The van der Waals surface area contributed by atoms with E-state index in [-0.39, 0.29) is 11.4 Å². The molecule has 100 valence electrons. The molecule has 0 aliphatic carbocycles. The Morgan fingerprint density at radius 2 is 2.11 bits per heavy atom. The summed E-state index contributed by atoms with van der Waals surface area (Å²) in [6.07, 6.45) is 2.29. The number of anilines is 1. The monoisotopic (exact) mass is 253 g/mol. The number of carbonyl (C=O) groups excluding carboxylic acids is 1. The molecule has 0 atom stereocenters. The Balaban J connectivity index is 2.92. The third-order valence-electron chi connectivity index (χ3n) is 2.16. The zero-order valence-corrected chi connectivity index (χ0v) is 11.3. The number of nitrogens with zero attached hydrogens (tertiary/aromatic N) is 1. The van der Waals surface area contributed by atoms with E-state index in [1.807, 2.05) is 27.7 Å². The summed E-state index contributed by atoms with van der Waals surface area (Å²) < 4.78 is 14.0. The van der Waals surface area contributed by atoms with Crippen molar-refractivity contribution in [3.8, 4) is 0 Å². The van der Waals surface area contributed by atoms with Crippen LogP contribution in [0, 0.1) is 5.82 Å². The van der Waals surface area contributed by atoms with E-state index in [0.717, 1.165) is 6.42 Å². The van der Waals surface area contributed by atoms with Crippen LogP contribution in [0.3, 0.4) is 0 Å². The molecule has 1 heterocycles. The Bertz CT molecular complexity index is 427. The highest BCUT2D eigenvalue weighted by atomic mass is 19.1. The smallest absolute Gasteiger partial charge is 0.254 e. The molecule has 1 aromatic rings. The molecule has 0 saturated heterocycles. The van der Waals surface area contributed by atoms with Crippen molar-refractivity contribution in [2.75, 3.05) is 11.9 Å². The lowest BCUT2D eigenvalue weighted by Crippen LogP contribution is -2.41. The molecule has 0 saturated carbocycles. The van der Waals surface area contributed by atoms with Gasteiger partial charge in [-0.25, -0.2) is 9.37 Å². The first kappa shape index (κ1) is 14.4. The van der Waals surface area contributed by atoms with Gasteiger partial charge in [-0.3, -0.25) is 4.79 Å². The van der Waals surface area contributed by atoms with Gasteiger partial charge in [0.1, 0.15) is 0 Å². The van der Waals surface area contributed by atoms with Gasteiger partial charge in [0.15, 0.2) is 11.6 Å². The summed E-state index contributed by atoms with van der Waals surface area (Å²) in [5.41, 5.74) is -0.386. The van der Waals surface area contributed by atoms with E-state index in [2.05, 4.69) is 15.6 Å². The highest BCUT2D eigenvalue weighted by molar-refractivity contribution is 5.95. The molecule has 5 heteroatoms. The maximum atomic E-state index is 14.0. The lowest BCUT2D eigenvalue weighted by atomic mass is 10.1. The molecule has 0 aromatic carbocycles. The van der Waals surface area contributed by atoms with Gasteiger partial charge in [0.2, 0.25) is 0 Å². The first-order valence-electron chi connectivity index (χ1n) is 6.06. The van der Waals surface area contributed by atoms with Crippen LogP contribution in [0.15, 0.2) is 12.3 Å². The molecule has 1 aromatic heterocycles. The largest absolute Gasteiger partial charge is 0.368 e. The van der Waals surface area contributed by atoms with E-state index < -0.39 is 17.3 Å². The van der Waals surface area contributed by atoms with E-state index in [4.69, 9.17) is 0 Å². The quantitative estimate of drug-likeness (QED) is 0.867. The minimum atomic E-state index is -0.604. The molecule has 1 rings (SSSR count). The maximum absolute atomic E-state index is 14.0. The second kappa shape index (κ2) is 5.80. The molecular weight excluding hydrogens is 233 g/mol. The Kier molecular flexibility index (Phi) is 4.64. The second-order valence-electron chi connectivity index (χ2n) is 5.15. The minimum absolute atomic E-state index is 0.0125. The van der Waals surface area contributed by atoms with Crippen LogP contribution in [0.25, 0.3) is 0 Å². The fourth-order valence-corrected chi connectivity index (χ4v) is 1.39. The van der Waals surface area contributed by atoms with Crippen molar-refractivity contribution in [1.82, 2.24) is 10.3 Å². The molecule has 0 radical (unpaired) electrons. The summed E-state index contributed by atoms with van der Waals surface area (Å²) in [5.74, 6) is -0.909. The van der Waals surface area contributed by atoms with Crippen LogP contribution in [-0.2, 0) is 0 Å². The van der Waals surface area contributed by atoms with Crippen molar-refractivity contribution >= 4 is 11.7 Å². The van der Waals surface area contributed by atoms with Crippen molar-refractivity contribution in [3.63, 3.8) is 0 Å². The van der Waals surface area contributed by atoms with Gasteiger partial charge in [0.25, 0.3) is 5.91 Å². The van der Waals surface area contributed by atoms with Gasteiger partial charge in [-0.15, -0.1) is 0 Å². The molecule has 18 heavy (non-hydrogen) atoms. The summed E-state index contributed by atoms with van der Waals surface area (Å²) in [6, 6.07) is 1.38. The standard InChI is InChI=1S/C13H20FN3O/c1-5-7-15-11-10(14)9(6-8-16-11)12(18)17-13(2,3)4/h6,8H,5,7H2,1-4H3,(H,15,16)(H,17,18). The molecule has 0 aliphatic heterocycles. The molecule has 4 nitrogen and oxygen atoms in total. The summed E-state index contributed by atoms with van der Waals surface area (Å²) in [5, 5.41) is 5.58. The van der Waals surface area contributed by atoms with Gasteiger partial charge in [0, 0.05) is 18.3 Å². The van der Waals surface area contributed by atoms with Gasteiger partial charge in [-0.1, -0.05) is 6.92 Å². The Morgan fingerprint density at radius 1 is 1.44 bits per heavy atom. The van der Waals surface area contributed by atoms with E-state index in [9.17, 15) is 9.18 Å². The van der Waals surface area contributed by atoms with Crippen molar-refractivity contribution in [2.24, 2.45) is 0 Å². The van der Waals surface area contributed by atoms with E-state index in [1.165, 1.54) is 12.3 Å². The Labute approximate surface area is 107 Å². The highest BCUT2D eigenvalue weighted by Gasteiger charge is 2.20. The van der Waals surface area contributed by atoms with Crippen LogP contribution >= 0.6 is 0 Å². The van der Waals surface area contributed by atoms with Gasteiger partial charge in [-0.2, -0.15) is 0 Å². The third kappa shape index (κ3) is 3.98. The maximum Gasteiger partial charge on any atom is 0.254 e. The molecule has 0 fully saturated rings. The number of halogens is 1. The zero-order chi connectivity index (χ0) is 13.8. The molecule has 2 N–H and O–H groups in total. The van der Waals surface area contributed by atoms with Crippen LogP contribution in [0.5, 0.6) is 0 Å². The minimum Gasteiger partial charge on any atom is -0.368 e. The van der Waals surface area contributed by atoms with Crippen molar-refractivity contribution in [2.45, 2.75) is 39.7 Å². The summed E-state index contributed by atoms with van der Waals surface area (Å²) in [4.78, 5) is 15.8. The number of carbonyl (C=O) groups is 1. The van der Waals surface area contributed by atoms with E-state index >= 15 is 0 Å². The number of hydrogen-bond acceptors (Lipinski definition) is 3. The average Bonchev–Trinajstić information content (AvgIpc) is 2.25. The summed E-state index contributed by atoms with van der Waals surface area (Å²) >= 11 is 0. The lowest BCUT2D eigenvalue weighted by Gasteiger charge is -2.20. The van der Waals surface area contributed by atoms with Gasteiger partial charge >= 0.3 is 0 Å². The lowest BCUT2D eigenvalue weighted by molar-refractivity contribution is 0.0915. The fraction of sp³-hybridized carbons (Fsp3) is 0.538. The summed E-state index contributed by atoms with van der Waals surface area (Å²) in [6.45, 7) is 8.13. The van der Waals surface area contributed by atoms with Gasteiger partial charge < -0.3 is 10.6 Å². The molecule has 0 spiro atoms. The average molecular weight is 253 g/mol. The number of rotatable bonds is 4. The molecule has 0 aliphatic rings. The number of pyridine rings is 1. The van der Waals surface area contributed by atoms with Gasteiger partial charge in [-0.05, 0) is 33.3 Å². The zero-order valence-electron chi connectivity index (χ0n) is 11.3. The van der Waals surface area contributed by atoms with Crippen LogP contribution in [0.1, 0.15) is 44.5 Å².